The third kappa shape index (κ3) is 3.98. The topological polar surface area (TPSA) is 55.1 Å². The van der Waals surface area contributed by atoms with E-state index in [9.17, 15) is 4.79 Å². The summed E-state index contributed by atoms with van der Waals surface area (Å²) >= 11 is 0. The van der Waals surface area contributed by atoms with E-state index in [2.05, 4.69) is 33.0 Å². The van der Waals surface area contributed by atoms with Crippen LogP contribution in [0.4, 0.5) is 0 Å². The summed E-state index contributed by atoms with van der Waals surface area (Å²) in [5, 5.41) is 3.20. The molecular weight excluding hydrogens is 212 g/mol. The predicted octanol–water partition coefficient (Wildman–Crippen LogP) is 2.16. The highest BCUT2D eigenvalue weighted by molar-refractivity contribution is 5.79. The van der Waals surface area contributed by atoms with E-state index in [4.69, 9.17) is 5.73 Å². The molecule has 0 spiro atoms. The molecule has 0 aliphatic heterocycles. The van der Waals surface area contributed by atoms with Crippen LogP contribution in [-0.2, 0) is 4.79 Å². The highest BCUT2D eigenvalue weighted by Gasteiger charge is 2.29. The summed E-state index contributed by atoms with van der Waals surface area (Å²) < 4.78 is 0. The van der Waals surface area contributed by atoms with E-state index in [0.717, 1.165) is 12.3 Å². The van der Waals surface area contributed by atoms with Crippen LogP contribution in [-0.4, -0.2) is 18.5 Å². The molecule has 0 heterocycles. The van der Waals surface area contributed by atoms with E-state index >= 15 is 0 Å². The second kappa shape index (κ2) is 6.39. The molecule has 3 N–H and O–H groups in total. The number of rotatable bonds is 4. The number of carbonyl (C=O) groups is 1. The summed E-state index contributed by atoms with van der Waals surface area (Å²) in [5.41, 5.74) is 5.68. The molecule has 0 radical (unpaired) electrons. The Morgan fingerprint density at radius 2 is 2.00 bits per heavy atom. The van der Waals surface area contributed by atoms with Gasteiger partial charge in [0.15, 0.2) is 0 Å². The molecule has 3 nitrogen and oxygen atoms in total. The average Bonchev–Trinajstić information content (AvgIpc) is 2.22. The van der Waals surface area contributed by atoms with Gasteiger partial charge >= 0.3 is 0 Å². The van der Waals surface area contributed by atoms with E-state index < -0.39 is 0 Å². The van der Waals surface area contributed by atoms with Crippen LogP contribution < -0.4 is 11.1 Å². The van der Waals surface area contributed by atoms with Crippen molar-refractivity contribution >= 4 is 5.91 Å². The van der Waals surface area contributed by atoms with Crippen LogP contribution in [0.2, 0.25) is 0 Å². The zero-order chi connectivity index (χ0) is 13.0. The average molecular weight is 240 g/mol. The lowest BCUT2D eigenvalue weighted by Crippen LogP contribution is -2.47. The lowest BCUT2D eigenvalue weighted by Gasteiger charge is -2.34. The molecule has 4 atom stereocenters. The van der Waals surface area contributed by atoms with Gasteiger partial charge in [-0.3, -0.25) is 4.79 Å². The van der Waals surface area contributed by atoms with Crippen molar-refractivity contribution in [3.8, 4) is 0 Å². The fourth-order valence-electron chi connectivity index (χ4n) is 2.85. The Balaban J connectivity index is 2.50. The normalized spacial score (nSPS) is 31.3. The van der Waals surface area contributed by atoms with E-state index in [1.807, 2.05) is 0 Å². The molecule has 0 aromatic heterocycles. The fourth-order valence-corrected chi connectivity index (χ4v) is 2.85. The first kappa shape index (κ1) is 14.5. The van der Waals surface area contributed by atoms with Gasteiger partial charge in [-0.2, -0.15) is 0 Å². The lowest BCUT2D eigenvalue weighted by atomic mass is 9.79. The monoisotopic (exact) mass is 240 g/mol. The molecule has 3 heteroatoms. The number of carbonyl (C=O) groups excluding carboxylic acids is 1. The summed E-state index contributed by atoms with van der Waals surface area (Å²) in [7, 11) is 0. The van der Waals surface area contributed by atoms with Gasteiger partial charge in [-0.1, -0.05) is 27.7 Å². The molecule has 0 bridgehead atoms. The van der Waals surface area contributed by atoms with Crippen LogP contribution in [0.25, 0.3) is 0 Å². The molecule has 0 saturated heterocycles. The summed E-state index contributed by atoms with van der Waals surface area (Å²) in [6, 6.07) is 0.353. The number of nitrogens with one attached hydrogen (secondary N) is 1. The van der Waals surface area contributed by atoms with E-state index in [0.29, 0.717) is 24.4 Å². The molecule has 1 rings (SSSR count). The standard InChI is InChI=1S/C14H28N2O/c1-9(2)12(8-15)14(17)16-13-6-5-10(3)7-11(13)4/h9-13H,5-8,15H2,1-4H3,(H,16,17). The van der Waals surface area contributed by atoms with Crippen LogP contribution in [0.3, 0.4) is 0 Å². The molecular formula is C14H28N2O. The Bertz CT molecular complexity index is 253. The van der Waals surface area contributed by atoms with Crippen LogP contribution in [0, 0.1) is 23.7 Å². The molecule has 17 heavy (non-hydrogen) atoms. The third-order valence-corrected chi connectivity index (χ3v) is 4.15. The summed E-state index contributed by atoms with van der Waals surface area (Å²) in [5.74, 6) is 1.81. The van der Waals surface area contributed by atoms with Gasteiger partial charge < -0.3 is 11.1 Å². The number of nitrogens with two attached hydrogens (primary N) is 1. The molecule has 1 aliphatic carbocycles. The maximum atomic E-state index is 12.1. The molecule has 1 saturated carbocycles. The molecule has 1 fully saturated rings. The van der Waals surface area contributed by atoms with Crippen molar-refractivity contribution in [2.24, 2.45) is 29.4 Å². The SMILES string of the molecule is CC1CCC(NC(=O)C(CN)C(C)C)C(C)C1. The minimum Gasteiger partial charge on any atom is -0.353 e. The van der Waals surface area contributed by atoms with Crippen LogP contribution >= 0.6 is 0 Å². The molecule has 0 aromatic rings. The minimum atomic E-state index is -0.0402. The Morgan fingerprint density at radius 1 is 1.35 bits per heavy atom. The molecule has 0 aromatic carbocycles. The second-order valence-electron chi connectivity index (χ2n) is 6.10. The van der Waals surface area contributed by atoms with E-state index in [1.54, 1.807) is 0 Å². The first-order valence-corrected chi connectivity index (χ1v) is 6.96. The van der Waals surface area contributed by atoms with Gasteiger partial charge in [0.25, 0.3) is 0 Å². The van der Waals surface area contributed by atoms with Crippen molar-refractivity contribution in [3.05, 3.63) is 0 Å². The summed E-state index contributed by atoms with van der Waals surface area (Å²) in [6.07, 6.45) is 3.56. The number of hydrogen-bond acceptors (Lipinski definition) is 2. The van der Waals surface area contributed by atoms with E-state index in [1.165, 1.54) is 12.8 Å². The Labute approximate surface area is 106 Å². The quantitative estimate of drug-likeness (QED) is 0.791. The van der Waals surface area contributed by atoms with Gasteiger partial charge in [0.2, 0.25) is 5.91 Å². The first-order valence-electron chi connectivity index (χ1n) is 6.96. The van der Waals surface area contributed by atoms with Crippen molar-refractivity contribution in [2.75, 3.05) is 6.54 Å². The van der Waals surface area contributed by atoms with Crippen molar-refractivity contribution in [3.63, 3.8) is 0 Å². The van der Waals surface area contributed by atoms with Gasteiger partial charge in [-0.25, -0.2) is 0 Å². The molecule has 1 aliphatic rings. The van der Waals surface area contributed by atoms with Crippen LogP contribution in [0.5, 0.6) is 0 Å². The van der Waals surface area contributed by atoms with Crippen molar-refractivity contribution in [2.45, 2.75) is 53.0 Å². The highest BCUT2D eigenvalue weighted by atomic mass is 16.2. The second-order valence-corrected chi connectivity index (χ2v) is 6.10. The van der Waals surface area contributed by atoms with Crippen molar-refractivity contribution < 1.29 is 4.79 Å². The zero-order valence-electron chi connectivity index (χ0n) is 11.7. The minimum absolute atomic E-state index is 0.0402. The third-order valence-electron chi connectivity index (χ3n) is 4.15. The number of hydrogen-bond donors (Lipinski definition) is 2. The lowest BCUT2D eigenvalue weighted by molar-refractivity contribution is -0.127. The van der Waals surface area contributed by atoms with Gasteiger partial charge in [0.05, 0.1) is 5.92 Å². The molecule has 1 amide bonds. The van der Waals surface area contributed by atoms with Crippen LogP contribution in [0.15, 0.2) is 0 Å². The Morgan fingerprint density at radius 3 is 2.47 bits per heavy atom. The van der Waals surface area contributed by atoms with Gasteiger partial charge in [-0.15, -0.1) is 0 Å². The van der Waals surface area contributed by atoms with Crippen molar-refractivity contribution in [1.82, 2.24) is 5.32 Å². The first-order chi connectivity index (χ1) is 7.95. The summed E-state index contributed by atoms with van der Waals surface area (Å²) in [6.45, 7) is 9.10. The largest absolute Gasteiger partial charge is 0.353 e. The highest BCUT2D eigenvalue weighted by Crippen LogP contribution is 2.28. The number of amides is 1. The van der Waals surface area contributed by atoms with Crippen LogP contribution in [0.1, 0.15) is 47.0 Å². The van der Waals surface area contributed by atoms with Gasteiger partial charge in [0, 0.05) is 12.6 Å². The zero-order valence-corrected chi connectivity index (χ0v) is 11.7. The van der Waals surface area contributed by atoms with E-state index in [-0.39, 0.29) is 11.8 Å². The van der Waals surface area contributed by atoms with Gasteiger partial charge in [-0.05, 0) is 37.0 Å². The predicted molar refractivity (Wildman–Crippen MR) is 71.5 cm³/mol. The Hall–Kier alpha value is -0.570. The maximum absolute atomic E-state index is 12.1. The fraction of sp³-hybridized carbons (Fsp3) is 0.929. The smallest absolute Gasteiger partial charge is 0.224 e. The molecule has 100 valence electrons. The molecule has 4 unspecified atom stereocenters. The maximum Gasteiger partial charge on any atom is 0.224 e. The van der Waals surface area contributed by atoms with Crippen molar-refractivity contribution in [1.29, 1.82) is 0 Å². The van der Waals surface area contributed by atoms with Gasteiger partial charge in [0.1, 0.15) is 0 Å². The summed E-state index contributed by atoms with van der Waals surface area (Å²) in [4.78, 5) is 12.1. The Kier molecular flexibility index (Phi) is 5.44.